The second kappa shape index (κ2) is 9.06. The van der Waals surface area contributed by atoms with Gasteiger partial charge in [0.25, 0.3) is 0 Å². The molecule has 1 heterocycles. The van der Waals surface area contributed by atoms with Gasteiger partial charge in [-0.3, -0.25) is 0 Å². The van der Waals surface area contributed by atoms with E-state index in [1.807, 2.05) is 0 Å². The van der Waals surface area contributed by atoms with Crippen molar-refractivity contribution >= 4 is 5.69 Å². The first-order chi connectivity index (χ1) is 10.3. The summed E-state index contributed by atoms with van der Waals surface area (Å²) in [6, 6.07) is 9.74. The Morgan fingerprint density at radius 2 is 2.14 bits per heavy atom. The zero-order chi connectivity index (χ0) is 14.9. The van der Waals surface area contributed by atoms with Crippen molar-refractivity contribution in [3.8, 4) is 0 Å². The fraction of sp³-hybridized carbons (Fsp3) is 0.667. The quantitative estimate of drug-likeness (QED) is 0.805. The van der Waals surface area contributed by atoms with E-state index in [1.54, 1.807) is 7.11 Å². The Bertz CT molecular complexity index is 400. The molecule has 0 bridgehead atoms. The fourth-order valence-corrected chi connectivity index (χ4v) is 3.14. The first-order valence-electron chi connectivity index (χ1n) is 8.36. The van der Waals surface area contributed by atoms with Gasteiger partial charge in [-0.1, -0.05) is 31.0 Å². The molecule has 2 unspecified atom stereocenters. The number of hydrogen-bond acceptors (Lipinski definition) is 3. The van der Waals surface area contributed by atoms with Crippen LogP contribution in [0.2, 0.25) is 0 Å². The Kier molecular flexibility index (Phi) is 7.04. The molecule has 21 heavy (non-hydrogen) atoms. The molecule has 2 atom stereocenters. The van der Waals surface area contributed by atoms with E-state index in [9.17, 15) is 0 Å². The summed E-state index contributed by atoms with van der Waals surface area (Å²) in [6.45, 7) is 4.25. The van der Waals surface area contributed by atoms with Crippen LogP contribution in [0.1, 0.15) is 44.6 Å². The van der Waals surface area contributed by atoms with Crippen molar-refractivity contribution in [2.75, 3.05) is 25.6 Å². The molecule has 2 rings (SSSR count). The van der Waals surface area contributed by atoms with Crippen molar-refractivity contribution in [1.29, 1.82) is 0 Å². The monoisotopic (exact) mass is 290 g/mol. The summed E-state index contributed by atoms with van der Waals surface area (Å²) in [5, 5.41) is 7.38. The number of ether oxygens (including phenoxy) is 1. The van der Waals surface area contributed by atoms with E-state index >= 15 is 0 Å². The average molecular weight is 290 g/mol. The molecule has 0 aromatic heterocycles. The summed E-state index contributed by atoms with van der Waals surface area (Å²) in [6.07, 6.45) is 7.56. The first-order valence-corrected chi connectivity index (χ1v) is 8.36. The second-order valence-corrected chi connectivity index (χ2v) is 6.18. The van der Waals surface area contributed by atoms with Crippen LogP contribution in [-0.4, -0.2) is 32.3 Å². The molecule has 0 aliphatic carbocycles. The van der Waals surface area contributed by atoms with Gasteiger partial charge in [0.15, 0.2) is 0 Å². The highest BCUT2D eigenvalue weighted by Crippen LogP contribution is 2.19. The van der Waals surface area contributed by atoms with E-state index in [0.29, 0.717) is 12.1 Å². The molecule has 1 aliphatic heterocycles. The average Bonchev–Trinajstić information content (AvgIpc) is 2.75. The highest BCUT2D eigenvalue weighted by molar-refractivity contribution is 5.51. The van der Waals surface area contributed by atoms with Gasteiger partial charge in [-0.2, -0.15) is 0 Å². The second-order valence-electron chi connectivity index (χ2n) is 6.18. The topological polar surface area (TPSA) is 33.3 Å². The molecule has 3 nitrogen and oxygen atoms in total. The number of anilines is 1. The molecule has 0 amide bonds. The molecule has 1 aliphatic rings. The Morgan fingerprint density at radius 3 is 3.00 bits per heavy atom. The molecular weight excluding hydrogens is 260 g/mol. The van der Waals surface area contributed by atoms with Gasteiger partial charge < -0.3 is 15.4 Å². The number of nitrogens with one attached hydrogen (secondary N) is 2. The normalized spacial score (nSPS) is 20.8. The third kappa shape index (κ3) is 5.68. The van der Waals surface area contributed by atoms with Crippen molar-refractivity contribution in [3.05, 3.63) is 29.8 Å². The van der Waals surface area contributed by atoms with Crippen molar-refractivity contribution < 1.29 is 4.74 Å². The lowest BCUT2D eigenvalue weighted by Gasteiger charge is -2.23. The fourth-order valence-electron chi connectivity index (χ4n) is 3.14. The van der Waals surface area contributed by atoms with Gasteiger partial charge >= 0.3 is 0 Å². The van der Waals surface area contributed by atoms with Gasteiger partial charge in [0, 0.05) is 24.9 Å². The summed E-state index contributed by atoms with van der Waals surface area (Å²) >= 11 is 0. The SMILES string of the molecule is COCCc1ccccc1NC(C)CC1CCCCCN1. The van der Waals surface area contributed by atoms with Crippen LogP contribution in [0.5, 0.6) is 0 Å². The molecule has 0 spiro atoms. The Balaban J connectivity index is 1.87. The van der Waals surface area contributed by atoms with Gasteiger partial charge in [-0.05, 0) is 50.8 Å². The Labute approximate surface area is 129 Å². The summed E-state index contributed by atoms with van der Waals surface area (Å²) < 4.78 is 5.20. The predicted octanol–water partition coefficient (Wildman–Crippen LogP) is 3.60. The molecule has 0 radical (unpaired) electrons. The molecule has 1 saturated heterocycles. The standard InChI is InChI=1S/C18H30N2O/c1-15(14-17-9-4-3-7-12-19-17)20-18-10-6-5-8-16(18)11-13-21-2/h5-6,8,10,15,17,19-20H,3-4,7,9,11-14H2,1-2H3. The van der Waals surface area contributed by atoms with Crippen LogP contribution < -0.4 is 10.6 Å². The molecule has 1 aromatic carbocycles. The number of rotatable bonds is 7. The maximum Gasteiger partial charge on any atom is 0.0503 e. The number of para-hydroxylation sites is 1. The van der Waals surface area contributed by atoms with Gasteiger partial charge in [0.1, 0.15) is 0 Å². The van der Waals surface area contributed by atoms with Crippen LogP contribution >= 0.6 is 0 Å². The summed E-state index contributed by atoms with van der Waals surface area (Å²) in [5.74, 6) is 0. The van der Waals surface area contributed by atoms with E-state index in [2.05, 4.69) is 41.8 Å². The highest BCUT2D eigenvalue weighted by Gasteiger charge is 2.15. The van der Waals surface area contributed by atoms with Crippen molar-refractivity contribution in [2.24, 2.45) is 0 Å². The molecular formula is C18H30N2O. The van der Waals surface area contributed by atoms with Crippen molar-refractivity contribution in [1.82, 2.24) is 5.32 Å². The zero-order valence-corrected chi connectivity index (χ0v) is 13.5. The summed E-state index contributed by atoms with van der Waals surface area (Å²) in [7, 11) is 1.76. The lowest BCUT2D eigenvalue weighted by molar-refractivity contribution is 0.202. The van der Waals surface area contributed by atoms with Crippen molar-refractivity contribution in [3.63, 3.8) is 0 Å². The Hall–Kier alpha value is -1.06. The van der Waals surface area contributed by atoms with Crippen LogP contribution in [0.15, 0.2) is 24.3 Å². The van der Waals surface area contributed by atoms with Gasteiger partial charge in [0.2, 0.25) is 0 Å². The molecule has 3 heteroatoms. The highest BCUT2D eigenvalue weighted by atomic mass is 16.5. The first kappa shape index (κ1) is 16.3. The van der Waals surface area contributed by atoms with E-state index < -0.39 is 0 Å². The molecule has 1 aromatic rings. The maximum atomic E-state index is 5.20. The predicted molar refractivity (Wildman–Crippen MR) is 90.0 cm³/mol. The lowest BCUT2D eigenvalue weighted by atomic mass is 10.0. The van der Waals surface area contributed by atoms with Crippen LogP contribution in [-0.2, 0) is 11.2 Å². The summed E-state index contributed by atoms with van der Waals surface area (Å²) in [4.78, 5) is 0. The zero-order valence-electron chi connectivity index (χ0n) is 13.5. The molecule has 2 N–H and O–H groups in total. The number of benzene rings is 1. The third-order valence-electron chi connectivity index (χ3n) is 4.30. The van der Waals surface area contributed by atoms with E-state index in [1.165, 1.54) is 49.9 Å². The van der Waals surface area contributed by atoms with Crippen molar-refractivity contribution in [2.45, 2.75) is 57.5 Å². The minimum Gasteiger partial charge on any atom is -0.384 e. The van der Waals surface area contributed by atoms with Gasteiger partial charge in [0.05, 0.1) is 6.61 Å². The minimum absolute atomic E-state index is 0.490. The molecule has 1 fully saturated rings. The maximum absolute atomic E-state index is 5.20. The van der Waals surface area contributed by atoms with Crippen LogP contribution in [0, 0.1) is 0 Å². The Morgan fingerprint density at radius 1 is 1.29 bits per heavy atom. The van der Waals surface area contributed by atoms with E-state index in [0.717, 1.165) is 13.0 Å². The summed E-state index contributed by atoms with van der Waals surface area (Å²) in [5.41, 5.74) is 2.61. The molecule has 118 valence electrons. The molecule has 0 saturated carbocycles. The van der Waals surface area contributed by atoms with Crippen LogP contribution in [0.3, 0.4) is 0 Å². The smallest absolute Gasteiger partial charge is 0.0503 e. The lowest BCUT2D eigenvalue weighted by Crippen LogP contribution is -2.33. The van der Waals surface area contributed by atoms with Gasteiger partial charge in [-0.15, -0.1) is 0 Å². The van der Waals surface area contributed by atoms with E-state index in [4.69, 9.17) is 4.74 Å². The minimum atomic E-state index is 0.490. The largest absolute Gasteiger partial charge is 0.384 e. The van der Waals surface area contributed by atoms with Crippen LogP contribution in [0.25, 0.3) is 0 Å². The third-order valence-corrected chi connectivity index (χ3v) is 4.30. The van der Waals surface area contributed by atoms with E-state index in [-0.39, 0.29) is 0 Å². The van der Waals surface area contributed by atoms with Gasteiger partial charge in [-0.25, -0.2) is 0 Å². The number of hydrogen-bond donors (Lipinski definition) is 2. The van der Waals surface area contributed by atoms with Crippen LogP contribution in [0.4, 0.5) is 5.69 Å². The number of methoxy groups -OCH3 is 1.